The van der Waals surface area contributed by atoms with E-state index in [2.05, 4.69) is 27.9 Å². The molecule has 0 atom stereocenters. The van der Waals surface area contributed by atoms with Crippen LogP contribution in [-0.2, 0) is 4.79 Å². The molecule has 0 aromatic heterocycles. The fourth-order valence-electron chi connectivity index (χ4n) is 1.64. The molecule has 0 spiro atoms. The van der Waals surface area contributed by atoms with Crippen molar-refractivity contribution in [2.24, 2.45) is 0 Å². The average Bonchev–Trinajstić information content (AvgIpc) is 2.43. The van der Waals surface area contributed by atoms with E-state index in [-0.39, 0.29) is 12.3 Å². The SMILES string of the molecule is Nc1ccccc1OCCC(=O)Nc1ccccc1I. The second-order valence-corrected chi connectivity index (χ2v) is 5.33. The smallest absolute Gasteiger partial charge is 0.227 e. The Kier molecular flexibility index (Phi) is 5.23. The van der Waals surface area contributed by atoms with E-state index in [0.717, 1.165) is 9.26 Å². The maximum Gasteiger partial charge on any atom is 0.227 e. The molecule has 5 heteroatoms. The van der Waals surface area contributed by atoms with Gasteiger partial charge >= 0.3 is 0 Å². The lowest BCUT2D eigenvalue weighted by Gasteiger charge is -2.09. The molecule has 4 nitrogen and oxygen atoms in total. The third kappa shape index (κ3) is 4.12. The molecule has 0 bridgehead atoms. The van der Waals surface area contributed by atoms with E-state index in [1.54, 1.807) is 12.1 Å². The first kappa shape index (κ1) is 14.6. The van der Waals surface area contributed by atoms with Gasteiger partial charge in [0.25, 0.3) is 0 Å². The molecule has 0 saturated carbocycles. The lowest BCUT2D eigenvalue weighted by Crippen LogP contribution is -2.16. The van der Waals surface area contributed by atoms with Crippen LogP contribution in [0.25, 0.3) is 0 Å². The Labute approximate surface area is 131 Å². The summed E-state index contributed by atoms with van der Waals surface area (Å²) in [6.07, 6.45) is 0.277. The second kappa shape index (κ2) is 7.14. The first-order valence-corrected chi connectivity index (χ1v) is 7.26. The zero-order valence-electron chi connectivity index (χ0n) is 10.8. The van der Waals surface area contributed by atoms with Gasteiger partial charge < -0.3 is 15.8 Å². The van der Waals surface area contributed by atoms with Gasteiger partial charge in [-0.05, 0) is 46.9 Å². The molecule has 2 aromatic rings. The van der Waals surface area contributed by atoms with E-state index >= 15 is 0 Å². The van der Waals surface area contributed by atoms with Gasteiger partial charge in [-0.2, -0.15) is 0 Å². The molecule has 0 fully saturated rings. The highest BCUT2D eigenvalue weighted by molar-refractivity contribution is 14.1. The molecule has 20 heavy (non-hydrogen) atoms. The van der Waals surface area contributed by atoms with Crippen LogP contribution in [0, 0.1) is 3.57 Å². The number of anilines is 2. The van der Waals surface area contributed by atoms with Crippen molar-refractivity contribution in [2.75, 3.05) is 17.7 Å². The van der Waals surface area contributed by atoms with Gasteiger partial charge in [0, 0.05) is 3.57 Å². The number of nitrogens with two attached hydrogens (primary N) is 1. The number of halogens is 1. The minimum Gasteiger partial charge on any atom is -0.491 e. The summed E-state index contributed by atoms with van der Waals surface area (Å²) in [5, 5.41) is 2.85. The summed E-state index contributed by atoms with van der Waals surface area (Å²) in [5.74, 6) is 0.526. The second-order valence-electron chi connectivity index (χ2n) is 4.16. The van der Waals surface area contributed by atoms with Crippen LogP contribution in [0.1, 0.15) is 6.42 Å². The molecule has 1 amide bonds. The zero-order valence-corrected chi connectivity index (χ0v) is 13.0. The fraction of sp³-hybridized carbons (Fsp3) is 0.133. The molecule has 0 aliphatic rings. The summed E-state index contributed by atoms with van der Waals surface area (Å²) < 4.78 is 6.49. The Hall–Kier alpha value is -1.76. The highest BCUT2D eigenvalue weighted by Crippen LogP contribution is 2.20. The van der Waals surface area contributed by atoms with Crippen LogP contribution in [0.4, 0.5) is 11.4 Å². The fourth-order valence-corrected chi connectivity index (χ4v) is 2.16. The lowest BCUT2D eigenvalue weighted by molar-refractivity contribution is -0.116. The summed E-state index contributed by atoms with van der Waals surface area (Å²) in [5.41, 5.74) is 7.15. The first-order chi connectivity index (χ1) is 9.66. The van der Waals surface area contributed by atoms with Crippen LogP contribution in [0.3, 0.4) is 0 Å². The van der Waals surface area contributed by atoms with Crippen LogP contribution in [0.5, 0.6) is 5.75 Å². The standard InChI is InChI=1S/C15H15IN2O2/c16-11-5-1-3-7-13(11)18-15(19)9-10-20-14-8-4-2-6-12(14)17/h1-8H,9-10,17H2,(H,18,19). The van der Waals surface area contributed by atoms with E-state index < -0.39 is 0 Å². The molecular formula is C15H15IN2O2. The number of hydrogen-bond acceptors (Lipinski definition) is 3. The number of carbonyl (C=O) groups excluding carboxylic acids is 1. The number of ether oxygens (including phenoxy) is 1. The number of amides is 1. The third-order valence-corrected chi connectivity index (χ3v) is 3.59. The lowest BCUT2D eigenvalue weighted by atomic mass is 10.3. The van der Waals surface area contributed by atoms with Gasteiger partial charge in [0.1, 0.15) is 5.75 Å². The van der Waals surface area contributed by atoms with Crippen LogP contribution in [0.15, 0.2) is 48.5 Å². The van der Waals surface area contributed by atoms with Crippen molar-refractivity contribution in [3.05, 3.63) is 52.1 Å². The highest BCUT2D eigenvalue weighted by Gasteiger charge is 2.06. The van der Waals surface area contributed by atoms with Gasteiger partial charge in [0.15, 0.2) is 0 Å². The number of para-hydroxylation sites is 3. The molecular weight excluding hydrogens is 367 g/mol. The van der Waals surface area contributed by atoms with Crippen LogP contribution >= 0.6 is 22.6 Å². The Morgan fingerprint density at radius 2 is 1.85 bits per heavy atom. The summed E-state index contributed by atoms with van der Waals surface area (Å²) in [6, 6.07) is 14.9. The molecule has 0 unspecified atom stereocenters. The van der Waals surface area contributed by atoms with Crippen molar-refractivity contribution in [2.45, 2.75) is 6.42 Å². The van der Waals surface area contributed by atoms with E-state index in [1.165, 1.54) is 0 Å². The van der Waals surface area contributed by atoms with Gasteiger partial charge in [0.05, 0.1) is 24.4 Å². The quantitative estimate of drug-likeness (QED) is 0.616. The van der Waals surface area contributed by atoms with E-state index in [9.17, 15) is 4.79 Å². The number of hydrogen-bond donors (Lipinski definition) is 2. The molecule has 104 valence electrons. The zero-order chi connectivity index (χ0) is 14.4. The number of carbonyl (C=O) groups is 1. The number of nitrogen functional groups attached to an aromatic ring is 1. The van der Waals surface area contributed by atoms with Gasteiger partial charge in [0.2, 0.25) is 5.91 Å². The summed E-state index contributed by atoms with van der Waals surface area (Å²) >= 11 is 2.18. The van der Waals surface area contributed by atoms with Gasteiger partial charge in [-0.25, -0.2) is 0 Å². The monoisotopic (exact) mass is 382 g/mol. The van der Waals surface area contributed by atoms with Crippen molar-refractivity contribution >= 4 is 39.9 Å². The van der Waals surface area contributed by atoms with Crippen molar-refractivity contribution in [3.8, 4) is 5.75 Å². The normalized spacial score (nSPS) is 10.1. The van der Waals surface area contributed by atoms with E-state index in [0.29, 0.717) is 18.0 Å². The molecule has 0 aliphatic heterocycles. The summed E-state index contributed by atoms with van der Waals surface area (Å²) in [4.78, 5) is 11.8. The van der Waals surface area contributed by atoms with Crippen molar-refractivity contribution in [3.63, 3.8) is 0 Å². The van der Waals surface area contributed by atoms with E-state index in [1.807, 2.05) is 36.4 Å². The molecule has 0 radical (unpaired) electrons. The maximum absolute atomic E-state index is 11.8. The van der Waals surface area contributed by atoms with Gasteiger partial charge in [-0.3, -0.25) is 4.79 Å². The highest BCUT2D eigenvalue weighted by atomic mass is 127. The largest absolute Gasteiger partial charge is 0.491 e. The van der Waals surface area contributed by atoms with Gasteiger partial charge in [-0.15, -0.1) is 0 Å². The summed E-state index contributed by atoms with van der Waals surface area (Å²) in [6.45, 7) is 0.295. The van der Waals surface area contributed by atoms with Gasteiger partial charge in [-0.1, -0.05) is 24.3 Å². The summed E-state index contributed by atoms with van der Waals surface area (Å²) in [7, 11) is 0. The Morgan fingerprint density at radius 3 is 2.60 bits per heavy atom. The predicted molar refractivity (Wildman–Crippen MR) is 88.8 cm³/mol. The number of nitrogens with one attached hydrogen (secondary N) is 1. The first-order valence-electron chi connectivity index (χ1n) is 6.18. The number of rotatable bonds is 5. The molecule has 2 rings (SSSR count). The van der Waals surface area contributed by atoms with E-state index in [4.69, 9.17) is 10.5 Å². The van der Waals surface area contributed by atoms with Crippen molar-refractivity contribution in [1.82, 2.24) is 0 Å². The minimum atomic E-state index is -0.0800. The topological polar surface area (TPSA) is 64.3 Å². The molecule has 2 aromatic carbocycles. The Morgan fingerprint density at radius 1 is 1.15 bits per heavy atom. The predicted octanol–water partition coefficient (Wildman–Crippen LogP) is 3.28. The molecule has 3 N–H and O–H groups in total. The Balaban J connectivity index is 1.82. The third-order valence-electron chi connectivity index (χ3n) is 2.65. The van der Waals surface area contributed by atoms with Crippen LogP contribution in [-0.4, -0.2) is 12.5 Å². The van der Waals surface area contributed by atoms with Crippen molar-refractivity contribution < 1.29 is 9.53 Å². The maximum atomic E-state index is 11.8. The average molecular weight is 382 g/mol. The molecule has 0 aliphatic carbocycles. The Bertz CT molecular complexity index is 602. The molecule has 0 saturated heterocycles. The van der Waals surface area contributed by atoms with Crippen molar-refractivity contribution in [1.29, 1.82) is 0 Å². The van der Waals surface area contributed by atoms with Crippen LogP contribution in [0.2, 0.25) is 0 Å². The molecule has 0 heterocycles. The van der Waals surface area contributed by atoms with Crippen LogP contribution < -0.4 is 15.8 Å². The number of benzene rings is 2. The minimum absolute atomic E-state index is 0.0800.